The van der Waals surface area contributed by atoms with Crippen molar-refractivity contribution in [1.82, 2.24) is 0 Å². The Morgan fingerprint density at radius 2 is 2.00 bits per heavy atom. The van der Waals surface area contributed by atoms with Gasteiger partial charge in [0.15, 0.2) is 0 Å². The molecule has 0 aliphatic heterocycles. The summed E-state index contributed by atoms with van der Waals surface area (Å²) in [6.07, 6.45) is 7.18. The van der Waals surface area contributed by atoms with Crippen LogP contribution in [-0.2, 0) is 0 Å². The molecule has 0 heterocycles. The van der Waals surface area contributed by atoms with Crippen molar-refractivity contribution >= 4 is 0 Å². The minimum absolute atomic E-state index is 0.540. The summed E-state index contributed by atoms with van der Waals surface area (Å²) >= 11 is 0. The van der Waals surface area contributed by atoms with Gasteiger partial charge in [-0.05, 0) is 60.7 Å². The van der Waals surface area contributed by atoms with Gasteiger partial charge in [0, 0.05) is 0 Å². The number of fused-ring (bicyclic) bond motifs is 1. The Bertz CT molecular complexity index is 312. The van der Waals surface area contributed by atoms with E-state index in [1.165, 1.54) is 32.1 Å². The molecule has 0 aromatic carbocycles. The second kappa shape index (κ2) is 2.70. The van der Waals surface area contributed by atoms with Gasteiger partial charge in [0.2, 0.25) is 0 Å². The maximum absolute atomic E-state index is 4.34. The Balaban J connectivity index is 2.08. The standard InChI is InChI=1S/C15H24/c1-10-7-8-15-9-12(10)14(3,4)13(15)6-5-11(15)2/h11-13H,1,5-9H2,2-4H3/t11-,12?,13-,15-/m1/s1. The molecule has 1 spiro atoms. The average Bonchev–Trinajstić information content (AvgIpc) is 2.57. The van der Waals surface area contributed by atoms with Gasteiger partial charge in [-0.15, -0.1) is 0 Å². The lowest BCUT2D eigenvalue weighted by atomic mass is 9.67. The van der Waals surface area contributed by atoms with E-state index in [0.717, 1.165) is 23.2 Å². The smallest absolute Gasteiger partial charge is 0.0146 e. The van der Waals surface area contributed by atoms with Gasteiger partial charge < -0.3 is 0 Å². The molecule has 0 radical (unpaired) electrons. The number of hydrogen-bond acceptors (Lipinski definition) is 0. The molecule has 1 unspecified atom stereocenters. The fourth-order valence-corrected chi connectivity index (χ4v) is 5.44. The predicted octanol–water partition coefficient (Wildman–Crippen LogP) is 4.42. The lowest BCUT2D eigenvalue weighted by Crippen LogP contribution is -2.30. The van der Waals surface area contributed by atoms with E-state index in [0.29, 0.717) is 5.41 Å². The minimum atomic E-state index is 0.540. The molecule has 3 rings (SSSR count). The number of allylic oxidation sites excluding steroid dienone is 1. The molecule has 0 aromatic rings. The summed E-state index contributed by atoms with van der Waals surface area (Å²) in [6, 6.07) is 0. The van der Waals surface area contributed by atoms with E-state index in [2.05, 4.69) is 27.4 Å². The molecule has 0 heteroatoms. The topological polar surface area (TPSA) is 0 Å². The van der Waals surface area contributed by atoms with Crippen molar-refractivity contribution in [2.75, 3.05) is 0 Å². The Hall–Kier alpha value is -0.260. The first kappa shape index (κ1) is 9.93. The van der Waals surface area contributed by atoms with Crippen molar-refractivity contribution in [3.63, 3.8) is 0 Å². The summed E-state index contributed by atoms with van der Waals surface area (Å²) in [5.74, 6) is 2.79. The molecule has 4 atom stereocenters. The highest BCUT2D eigenvalue weighted by molar-refractivity contribution is 5.23. The van der Waals surface area contributed by atoms with E-state index < -0.39 is 0 Å². The first-order chi connectivity index (χ1) is 6.98. The van der Waals surface area contributed by atoms with Gasteiger partial charge in [-0.3, -0.25) is 0 Å². The Labute approximate surface area is 94.1 Å². The first-order valence-corrected chi connectivity index (χ1v) is 6.66. The van der Waals surface area contributed by atoms with Crippen LogP contribution in [0.1, 0.15) is 52.9 Å². The van der Waals surface area contributed by atoms with Crippen LogP contribution in [0.2, 0.25) is 0 Å². The average molecular weight is 204 g/mol. The fourth-order valence-electron chi connectivity index (χ4n) is 5.44. The van der Waals surface area contributed by atoms with Crippen LogP contribution in [0.5, 0.6) is 0 Å². The molecule has 0 saturated heterocycles. The van der Waals surface area contributed by atoms with Crippen LogP contribution in [0, 0.1) is 28.6 Å². The Morgan fingerprint density at radius 1 is 1.27 bits per heavy atom. The quantitative estimate of drug-likeness (QED) is 0.513. The van der Waals surface area contributed by atoms with Crippen LogP contribution in [-0.4, -0.2) is 0 Å². The van der Waals surface area contributed by atoms with E-state index in [-0.39, 0.29) is 0 Å². The molecule has 15 heavy (non-hydrogen) atoms. The predicted molar refractivity (Wildman–Crippen MR) is 64.6 cm³/mol. The molecular weight excluding hydrogens is 180 g/mol. The largest absolute Gasteiger partial charge is 0.0996 e. The molecule has 3 saturated carbocycles. The third-order valence-corrected chi connectivity index (χ3v) is 6.35. The molecule has 84 valence electrons. The molecule has 3 aliphatic rings. The summed E-state index contributed by atoms with van der Waals surface area (Å²) < 4.78 is 0. The van der Waals surface area contributed by atoms with Gasteiger partial charge in [-0.1, -0.05) is 32.9 Å². The van der Waals surface area contributed by atoms with Crippen LogP contribution in [0.4, 0.5) is 0 Å². The summed E-state index contributed by atoms with van der Waals surface area (Å²) in [4.78, 5) is 0. The molecule has 3 fully saturated rings. The molecule has 0 amide bonds. The molecule has 0 aromatic heterocycles. The highest BCUT2D eigenvalue weighted by Crippen LogP contribution is 2.72. The van der Waals surface area contributed by atoms with Crippen molar-refractivity contribution < 1.29 is 0 Å². The summed E-state index contributed by atoms with van der Waals surface area (Å²) in [6.45, 7) is 11.9. The second-order valence-electron chi connectivity index (χ2n) is 7.00. The van der Waals surface area contributed by atoms with Crippen LogP contribution in [0.3, 0.4) is 0 Å². The number of rotatable bonds is 0. The van der Waals surface area contributed by atoms with Gasteiger partial charge in [-0.2, -0.15) is 0 Å². The minimum Gasteiger partial charge on any atom is -0.0996 e. The van der Waals surface area contributed by atoms with E-state index in [4.69, 9.17) is 0 Å². The lowest BCUT2D eigenvalue weighted by Gasteiger charge is -2.38. The van der Waals surface area contributed by atoms with Gasteiger partial charge in [0.25, 0.3) is 0 Å². The zero-order chi connectivity index (χ0) is 10.8. The first-order valence-electron chi connectivity index (χ1n) is 6.66. The van der Waals surface area contributed by atoms with Crippen LogP contribution >= 0.6 is 0 Å². The normalized spacial score (nSPS) is 51.9. The third-order valence-electron chi connectivity index (χ3n) is 6.35. The molecule has 2 bridgehead atoms. The Morgan fingerprint density at radius 3 is 2.73 bits per heavy atom. The van der Waals surface area contributed by atoms with Gasteiger partial charge in [0.1, 0.15) is 0 Å². The maximum Gasteiger partial charge on any atom is -0.0146 e. The van der Waals surface area contributed by atoms with Crippen molar-refractivity contribution in [3.05, 3.63) is 12.2 Å². The van der Waals surface area contributed by atoms with Crippen LogP contribution < -0.4 is 0 Å². The molecular formula is C15H24. The Kier molecular flexibility index (Phi) is 1.79. The number of hydrogen-bond donors (Lipinski definition) is 0. The zero-order valence-electron chi connectivity index (χ0n) is 10.5. The zero-order valence-corrected chi connectivity index (χ0v) is 10.5. The van der Waals surface area contributed by atoms with Crippen molar-refractivity contribution in [2.45, 2.75) is 52.9 Å². The summed E-state index contributed by atoms with van der Waals surface area (Å²) in [5, 5.41) is 0. The van der Waals surface area contributed by atoms with E-state index in [9.17, 15) is 0 Å². The van der Waals surface area contributed by atoms with E-state index >= 15 is 0 Å². The highest BCUT2D eigenvalue weighted by Gasteiger charge is 2.63. The van der Waals surface area contributed by atoms with Gasteiger partial charge >= 0.3 is 0 Å². The van der Waals surface area contributed by atoms with Crippen molar-refractivity contribution in [2.24, 2.45) is 28.6 Å². The van der Waals surface area contributed by atoms with Crippen LogP contribution in [0.15, 0.2) is 12.2 Å². The van der Waals surface area contributed by atoms with Gasteiger partial charge in [-0.25, -0.2) is 0 Å². The maximum atomic E-state index is 4.34. The fraction of sp³-hybridized carbons (Fsp3) is 0.867. The molecule has 0 nitrogen and oxygen atoms in total. The van der Waals surface area contributed by atoms with Crippen LogP contribution in [0.25, 0.3) is 0 Å². The van der Waals surface area contributed by atoms with Crippen molar-refractivity contribution in [3.8, 4) is 0 Å². The van der Waals surface area contributed by atoms with Gasteiger partial charge in [0.05, 0.1) is 0 Å². The second-order valence-corrected chi connectivity index (χ2v) is 7.00. The molecule has 0 N–H and O–H groups in total. The monoisotopic (exact) mass is 204 g/mol. The summed E-state index contributed by atoms with van der Waals surface area (Å²) in [7, 11) is 0. The molecule has 3 aliphatic carbocycles. The van der Waals surface area contributed by atoms with Crippen molar-refractivity contribution in [1.29, 1.82) is 0 Å². The summed E-state index contributed by atoms with van der Waals surface area (Å²) in [5.41, 5.74) is 2.82. The SMILES string of the molecule is C=C1CC[C@]23CC1C(C)(C)[C@H]2CC[C@H]3C. The highest BCUT2D eigenvalue weighted by atomic mass is 14.7. The lowest BCUT2D eigenvalue weighted by molar-refractivity contribution is 0.118. The third kappa shape index (κ3) is 0.990. The van der Waals surface area contributed by atoms with E-state index in [1.54, 1.807) is 5.57 Å². The van der Waals surface area contributed by atoms with E-state index in [1.807, 2.05) is 0 Å².